The fourth-order valence-corrected chi connectivity index (χ4v) is 7.95. The van der Waals surface area contributed by atoms with Crippen molar-refractivity contribution in [2.45, 2.75) is 70.2 Å². The van der Waals surface area contributed by atoms with Gasteiger partial charge in [-0.2, -0.15) is 0 Å². The molecule has 2 radical (unpaired) electrons. The number of nitrogens with one attached hydrogen (secondary N) is 1. The molecule has 0 bridgehead atoms. The lowest BCUT2D eigenvalue weighted by molar-refractivity contribution is 0.0639. The maximum absolute atomic E-state index is 14.3. The van der Waals surface area contributed by atoms with E-state index in [9.17, 15) is 4.79 Å². The van der Waals surface area contributed by atoms with Crippen molar-refractivity contribution >= 4 is 25.0 Å². The van der Waals surface area contributed by atoms with Crippen LogP contribution in [0.1, 0.15) is 71.5 Å². The predicted octanol–water partition coefficient (Wildman–Crippen LogP) is 3.65. The summed E-state index contributed by atoms with van der Waals surface area (Å²) in [7, 11) is 6.43. The zero-order chi connectivity index (χ0) is 27.9. The van der Waals surface area contributed by atoms with Crippen LogP contribution in [0.2, 0.25) is 0 Å². The highest BCUT2D eigenvalue weighted by atomic mass is 16.5. The zero-order valence-corrected chi connectivity index (χ0v) is 23.7. The van der Waals surface area contributed by atoms with Crippen LogP contribution < -0.4 is 20.4 Å². The number of fused-ring (bicyclic) bond motifs is 4. The normalized spacial score (nSPS) is 27.8. The number of hydrogen-bond donors (Lipinski definition) is 1. The number of carbonyl (C=O) groups excluding carboxylic acids is 1. The molecule has 1 saturated heterocycles. The SMILES string of the molecule is [B]c1cc(Cn2c(C3CCC4(CC4=C)C3)nc3c2C(=O)N(CC)C2N[C@H](Cc4ccccc4)CN32)cc2c1OCC2. The Morgan fingerprint density at radius 2 is 2.05 bits per heavy atom. The van der Waals surface area contributed by atoms with Crippen molar-refractivity contribution < 1.29 is 9.53 Å². The molecule has 3 aromatic rings. The van der Waals surface area contributed by atoms with Gasteiger partial charge in [0.25, 0.3) is 5.91 Å². The molecule has 41 heavy (non-hydrogen) atoms. The van der Waals surface area contributed by atoms with Crippen LogP contribution in [0.15, 0.2) is 54.6 Å². The van der Waals surface area contributed by atoms with E-state index in [0.717, 1.165) is 67.2 Å². The van der Waals surface area contributed by atoms with Crippen LogP contribution in [0.3, 0.4) is 0 Å². The molecular weight excluding hydrogens is 509 g/mol. The van der Waals surface area contributed by atoms with Gasteiger partial charge in [-0.3, -0.25) is 10.1 Å². The molecule has 8 heteroatoms. The fourth-order valence-electron chi connectivity index (χ4n) is 7.95. The fraction of sp³-hybridized carbons (Fsp3) is 0.455. The number of benzene rings is 2. The van der Waals surface area contributed by atoms with Crippen molar-refractivity contribution in [2.24, 2.45) is 5.41 Å². The number of ether oxygens (including phenoxy) is 1. The minimum Gasteiger partial charge on any atom is -0.494 e. The summed E-state index contributed by atoms with van der Waals surface area (Å²) in [4.78, 5) is 23.9. The van der Waals surface area contributed by atoms with Gasteiger partial charge < -0.3 is 19.1 Å². The maximum atomic E-state index is 14.3. The topological polar surface area (TPSA) is 62.6 Å². The summed E-state index contributed by atoms with van der Waals surface area (Å²) in [5, 5.41) is 3.77. The summed E-state index contributed by atoms with van der Waals surface area (Å²) in [5.41, 5.74) is 6.60. The Morgan fingerprint density at radius 3 is 2.80 bits per heavy atom. The van der Waals surface area contributed by atoms with E-state index in [1.54, 1.807) is 0 Å². The molecular formula is C33H36BN5O2. The molecule has 3 unspecified atom stereocenters. The minimum absolute atomic E-state index is 0.0522. The summed E-state index contributed by atoms with van der Waals surface area (Å²) in [6, 6.07) is 15.0. The van der Waals surface area contributed by atoms with Crippen molar-refractivity contribution in [2.75, 3.05) is 24.6 Å². The molecule has 4 atom stereocenters. The van der Waals surface area contributed by atoms with Crippen molar-refractivity contribution in [3.8, 4) is 5.75 Å². The molecule has 4 heterocycles. The third kappa shape index (κ3) is 3.97. The van der Waals surface area contributed by atoms with E-state index < -0.39 is 0 Å². The summed E-state index contributed by atoms with van der Waals surface area (Å²) in [6.45, 7) is 9.05. The number of amides is 1. The smallest absolute Gasteiger partial charge is 0.277 e. The van der Waals surface area contributed by atoms with E-state index in [-0.39, 0.29) is 23.7 Å². The minimum atomic E-state index is -0.184. The van der Waals surface area contributed by atoms with Gasteiger partial charge in [0.2, 0.25) is 0 Å². The Balaban J connectivity index is 1.20. The highest BCUT2D eigenvalue weighted by Gasteiger charge is 2.54. The van der Waals surface area contributed by atoms with Crippen LogP contribution in [0.5, 0.6) is 5.75 Å². The molecule has 208 valence electrons. The summed E-state index contributed by atoms with van der Waals surface area (Å²) in [6.07, 6.45) is 6.04. The van der Waals surface area contributed by atoms with Crippen molar-refractivity contribution in [1.29, 1.82) is 0 Å². The van der Waals surface area contributed by atoms with Crippen molar-refractivity contribution in [3.63, 3.8) is 0 Å². The van der Waals surface area contributed by atoms with E-state index in [2.05, 4.69) is 64.7 Å². The second kappa shape index (κ2) is 9.25. The highest BCUT2D eigenvalue weighted by molar-refractivity contribution is 6.34. The second-order valence-electron chi connectivity index (χ2n) is 12.7. The van der Waals surface area contributed by atoms with Crippen LogP contribution in [0, 0.1) is 5.41 Å². The Labute approximate surface area is 243 Å². The van der Waals surface area contributed by atoms with Crippen molar-refractivity contribution in [3.05, 3.63) is 82.8 Å². The summed E-state index contributed by atoms with van der Waals surface area (Å²) in [5.74, 6) is 3.05. The van der Waals surface area contributed by atoms with Crippen LogP contribution >= 0.6 is 0 Å². The second-order valence-corrected chi connectivity index (χ2v) is 12.7. The molecule has 1 aromatic heterocycles. The number of aromatic nitrogens is 2. The van der Waals surface area contributed by atoms with Gasteiger partial charge in [-0.1, -0.05) is 60.1 Å². The average molecular weight is 545 g/mol. The number of rotatable bonds is 6. The molecule has 2 saturated carbocycles. The van der Waals surface area contributed by atoms with Gasteiger partial charge in [-0.15, -0.1) is 0 Å². The van der Waals surface area contributed by atoms with Crippen molar-refractivity contribution in [1.82, 2.24) is 19.8 Å². The van der Waals surface area contributed by atoms with Crippen LogP contribution in [0.4, 0.5) is 5.82 Å². The first-order chi connectivity index (χ1) is 19.9. The van der Waals surface area contributed by atoms with Gasteiger partial charge in [-0.25, -0.2) is 4.98 Å². The lowest BCUT2D eigenvalue weighted by atomic mass is 9.90. The van der Waals surface area contributed by atoms with Gasteiger partial charge in [-0.05, 0) is 61.1 Å². The van der Waals surface area contributed by atoms with E-state index >= 15 is 0 Å². The molecule has 3 fully saturated rings. The number of allylic oxidation sites excluding steroid dienone is 1. The molecule has 1 N–H and O–H groups in total. The van der Waals surface area contributed by atoms with Gasteiger partial charge in [0.1, 0.15) is 19.4 Å². The van der Waals surface area contributed by atoms with Gasteiger partial charge in [0.05, 0.1) is 6.61 Å². The third-order valence-electron chi connectivity index (χ3n) is 10.1. The molecule has 2 aromatic carbocycles. The largest absolute Gasteiger partial charge is 0.494 e. The van der Waals surface area contributed by atoms with E-state index in [1.165, 1.54) is 17.6 Å². The zero-order valence-electron chi connectivity index (χ0n) is 23.7. The molecule has 1 amide bonds. The first-order valence-electron chi connectivity index (χ1n) is 15.1. The monoisotopic (exact) mass is 545 g/mol. The number of hydrogen-bond acceptors (Lipinski definition) is 5. The molecule has 5 aliphatic rings. The molecule has 8 rings (SSSR count). The standard InChI is InChI=1S/C33H36BN5O2/c1-3-37-31(40)27-30(39-19-25(35-32(37)39)14-21-7-5-4-6-8-21)36-29(24-9-11-33(17-24)16-20(33)2)38(27)18-22-13-23-10-12-41-28(23)26(34)15-22/h4-8,13,15,24-25,32,35H,2-3,9-12,14,16-19H2,1H3/t24?,25-,32?,33?/m1/s1. The van der Waals surface area contributed by atoms with Gasteiger partial charge in [0.15, 0.2) is 17.8 Å². The Bertz CT molecular complexity index is 1570. The quantitative estimate of drug-likeness (QED) is 0.379. The van der Waals surface area contributed by atoms with Crippen LogP contribution in [0.25, 0.3) is 0 Å². The first-order valence-corrected chi connectivity index (χ1v) is 15.1. The third-order valence-corrected chi connectivity index (χ3v) is 10.1. The van der Waals surface area contributed by atoms with Gasteiger partial charge >= 0.3 is 0 Å². The summed E-state index contributed by atoms with van der Waals surface area (Å²) >= 11 is 0. The Kier molecular flexibility index (Phi) is 5.69. The predicted molar refractivity (Wildman–Crippen MR) is 160 cm³/mol. The first kappa shape index (κ1) is 25.2. The lowest BCUT2D eigenvalue weighted by Gasteiger charge is -2.38. The average Bonchev–Trinajstić information content (AvgIpc) is 3.52. The molecule has 3 aliphatic heterocycles. The number of imidazole rings is 1. The number of carbonyl (C=O) groups is 1. The molecule has 1 spiro atoms. The van der Waals surface area contributed by atoms with Crippen LogP contribution in [-0.2, 0) is 19.4 Å². The van der Waals surface area contributed by atoms with Gasteiger partial charge in [0, 0.05) is 38.0 Å². The Morgan fingerprint density at radius 1 is 1.22 bits per heavy atom. The highest BCUT2D eigenvalue weighted by Crippen LogP contribution is 2.65. The maximum Gasteiger partial charge on any atom is 0.277 e. The number of anilines is 1. The number of nitrogens with zero attached hydrogens (tertiary/aromatic N) is 4. The van der Waals surface area contributed by atoms with E-state index in [4.69, 9.17) is 17.6 Å². The molecule has 2 aliphatic carbocycles. The Hall–Kier alpha value is -3.52. The van der Waals surface area contributed by atoms with E-state index in [1.807, 2.05) is 11.0 Å². The molecule has 7 nitrogen and oxygen atoms in total. The van der Waals surface area contributed by atoms with Crippen LogP contribution in [-0.4, -0.2) is 60.2 Å². The summed E-state index contributed by atoms with van der Waals surface area (Å²) < 4.78 is 8.00. The van der Waals surface area contributed by atoms with E-state index in [0.29, 0.717) is 36.8 Å². The lowest BCUT2D eigenvalue weighted by Crippen LogP contribution is -2.57.